The van der Waals surface area contributed by atoms with Crippen LogP contribution >= 0.6 is 31.9 Å². The first-order chi connectivity index (χ1) is 7.98. The van der Waals surface area contributed by atoms with Crippen LogP contribution in [-0.4, -0.2) is 16.0 Å². The van der Waals surface area contributed by atoms with Crippen molar-refractivity contribution in [2.24, 2.45) is 0 Å². The van der Waals surface area contributed by atoms with Crippen LogP contribution in [0.4, 0.5) is 27.6 Å². The maximum Gasteiger partial charge on any atom is 0.510 e. The summed E-state index contributed by atoms with van der Waals surface area (Å²) in [5, 5.41) is -5.33. The van der Waals surface area contributed by atoms with Crippen molar-refractivity contribution in [1.82, 2.24) is 0 Å². The van der Waals surface area contributed by atoms with Gasteiger partial charge in [-0.15, -0.1) is 8.78 Å². The molecule has 0 fully saturated rings. The average Bonchev–Trinajstić information content (AvgIpc) is 2.22. The molecule has 1 aromatic rings. The lowest BCUT2D eigenvalue weighted by Crippen LogP contribution is -2.43. The molecule has 0 amide bonds. The molecule has 0 saturated heterocycles. The molecular formula is C8H4Br2F5NOS. The van der Waals surface area contributed by atoms with E-state index < -0.39 is 27.5 Å². The molecule has 0 saturated carbocycles. The Bertz CT molecular complexity index is 444. The minimum absolute atomic E-state index is 0.0678. The Kier molecular flexibility index (Phi) is 4.57. The number of benzene rings is 1. The van der Waals surface area contributed by atoms with E-state index in [1.807, 2.05) is 0 Å². The normalized spacial score (nSPS) is 14.7. The summed E-state index contributed by atoms with van der Waals surface area (Å²) in [6.45, 7) is 0. The van der Waals surface area contributed by atoms with Crippen LogP contribution < -0.4 is 5.73 Å². The predicted octanol–water partition coefficient (Wildman–Crippen LogP) is 4.06. The molecule has 0 radical (unpaired) electrons. The summed E-state index contributed by atoms with van der Waals surface area (Å²) in [6.07, 6.45) is -5.89. The Morgan fingerprint density at radius 2 is 1.44 bits per heavy atom. The average molecular weight is 417 g/mol. The van der Waals surface area contributed by atoms with E-state index in [1.54, 1.807) is 0 Å². The van der Waals surface area contributed by atoms with Gasteiger partial charge in [-0.2, -0.15) is 13.2 Å². The zero-order valence-electron chi connectivity index (χ0n) is 8.19. The van der Waals surface area contributed by atoms with Gasteiger partial charge in [-0.1, -0.05) is 0 Å². The zero-order valence-corrected chi connectivity index (χ0v) is 12.2. The second kappa shape index (κ2) is 5.14. The number of anilines is 1. The third-order valence-corrected chi connectivity index (χ3v) is 4.50. The number of nitrogen functional groups attached to an aromatic ring is 1. The van der Waals surface area contributed by atoms with Crippen LogP contribution in [0, 0.1) is 0 Å². The van der Waals surface area contributed by atoms with E-state index in [9.17, 15) is 26.5 Å². The molecule has 1 rings (SSSR count). The molecule has 0 aliphatic heterocycles. The van der Waals surface area contributed by atoms with Crippen molar-refractivity contribution in [2.75, 3.05) is 5.73 Å². The van der Waals surface area contributed by atoms with Gasteiger partial charge in [0.15, 0.2) is 4.90 Å². The van der Waals surface area contributed by atoms with Crippen molar-refractivity contribution >= 4 is 48.7 Å². The second-order valence-electron chi connectivity index (χ2n) is 3.08. The van der Waals surface area contributed by atoms with Crippen LogP contribution in [0.3, 0.4) is 0 Å². The van der Waals surface area contributed by atoms with E-state index in [4.69, 9.17) is 5.73 Å². The third kappa shape index (κ3) is 2.91. The molecule has 18 heavy (non-hydrogen) atoms. The van der Waals surface area contributed by atoms with E-state index in [0.717, 1.165) is 12.1 Å². The number of alkyl halides is 5. The van der Waals surface area contributed by atoms with Gasteiger partial charge in [0.25, 0.3) is 0 Å². The molecule has 10 heteroatoms. The van der Waals surface area contributed by atoms with Gasteiger partial charge in [-0.05, 0) is 31.9 Å². The van der Waals surface area contributed by atoms with Crippen LogP contribution in [0.5, 0.6) is 0 Å². The lowest BCUT2D eigenvalue weighted by atomic mass is 10.3. The highest BCUT2D eigenvalue weighted by Gasteiger charge is 2.68. The largest absolute Gasteiger partial charge is 0.606 e. The minimum atomic E-state index is -5.89. The Balaban J connectivity index is 3.24. The topological polar surface area (TPSA) is 49.1 Å². The van der Waals surface area contributed by atoms with E-state index in [1.165, 1.54) is 0 Å². The van der Waals surface area contributed by atoms with Gasteiger partial charge in [0.05, 0.1) is 16.9 Å². The summed E-state index contributed by atoms with van der Waals surface area (Å²) >= 11 is 2.17. The van der Waals surface area contributed by atoms with Crippen molar-refractivity contribution < 1.29 is 26.5 Å². The Morgan fingerprint density at radius 3 is 1.78 bits per heavy atom. The van der Waals surface area contributed by atoms with Gasteiger partial charge >= 0.3 is 11.4 Å². The number of hydrogen-bond acceptors (Lipinski definition) is 2. The number of rotatable bonds is 2. The zero-order chi connectivity index (χ0) is 14.3. The molecule has 2 N–H and O–H groups in total. The molecule has 0 aromatic heterocycles. The summed E-state index contributed by atoms with van der Waals surface area (Å²) < 4.78 is 73.4. The Labute approximate surface area is 118 Å². The quantitative estimate of drug-likeness (QED) is 0.449. The fraction of sp³-hybridized carbons (Fsp3) is 0.250. The summed E-state index contributed by atoms with van der Waals surface area (Å²) in [5.74, 6) is 0. The molecule has 1 atom stereocenters. The molecule has 0 heterocycles. The highest BCUT2D eigenvalue weighted by Crippen LogP contribution is 2.44. The highest BCUT2D eigenvalue weighted by molar-refractivity contribution is 9.11. The second-order valence-corrected chi connectivity index (χ2v) is 6.31. The molecule has 102 valence electrons. The third-order valence-electron chi connectivity index (χ3n) is 1.83. The molecule has 1 unspecified atom stereocenters. The summed E-state index contributed by atoms with van der Waals surface area (Å²) in [7, 11) is 0. The standard InChI is InChI=1S/C8H4Br2F5NOS/c9-4-1-3(2-5(10)6(4)16)18(17)8(14,15)7(11,12)13/h1-2H,16H2. The SMILES string of the molecule is Nc1c(Br)cc([S+]([O-])C(F)(F)C(F)(F)F)cc1Br. The van der Waals surface area contributed by atoms with Gasteiger partial charge in [-0.3, -0.25) is 0 Å². The van der Waals surface area contributed by atoms with Gasteiger partial charge < -0.3 is 10.3 Å². The summed E-state index contributed by atoms with van der Waals surface area (Å²) in [5.41, 5.74) is 5.55. The van der Waals surface area contributed by atoms with Gasteiger partial charge in [0, 0.05) is 21.1 Å². The lowest BCUT2D eigenvalue weighted by Gasteiger charge is -2.22. The minimum Gasteiger partial charge on any atom is -0.606 e. The number of hydrogen-bond donors (Lipinski definition) is 1. The van der Waals surface area contributed by atoms with Crippen molar-refractivity contribution in [1.29, 1.82) is 0 Å². The molecule has 1 aromatic carbocycles. The van der Waals surface area contributed by atoms with E-state index in [2.05, 4.69) is 31.9 Å². The summed E-state index contributed by atoms with van der Waals surface area (Å²) in [6, 6.07) is 1.71. The predicted molar refractivity (Wildman–Crippen MR) is 63.7 cm³/mol. The summed E-state index contributed by atoms with van der Waals surface area (Å²) in [4.78, 5) is -0.690. The van der Waals surface area contributed by atoms with Crippen molar-refractivity contribution in [3.8, 4) is 0 Å². The smallest absolute Gasteiger partial charge is 0.510 e. The molecule has 0 aliphatic carbocycles. The van der Waals surface area contributed by atoms with Crippen molar-refractivity contribution in [2.45, 2.75) is 16.3 Å². The van der Waals surface area contributed by atoms with Gasteiger partial charge in [0.2, 0.25) is 0 Å². The number of halogens is 7. The van der Waals surface area contributed by atoms with Crippen LogP contribution in [0.2, 0.25) is 0 Å². The first-order valence-corrected chi connectivity index (χ1v) is 6.83. The first kappa shape index (κ1) is 16.0. The molecule has 2 nitrogen and oxygen atoms in total. The van der Waals surface area contributed by atoms with Gasteiger partial charge in [-0.25, -0.2) is 0 Å². The monoisotopic (exact) mass is 415 g/mol. The van der Waals surface area contributed by atoms with E-state index in [0.29, 0.717) is 0 Å². The van der Waals surface area contributed by atoms with Crippen LogP contribution in [-0.2, 0) is 11.2 Å². The molecule has 0 bridgehead atoms. The molecule has 0 spiro atoms. The highest BCUT2D eigenvalue weighted by atomic mass is 79.9. The van der Waals surface area contributed by atoms with Crippen LogP contribution in [0.25, 0.3) is 0 Å². The lowest BCUT2D eigenvalue weighted by molar-refractivity contribution is -0.241. The van der Waals surface area contributed by atoms with Gasteiger partial charge in [0.1, 0.15) is 0 Å². The van der Waals surface area contributed by atoms with Crippen molar-refractivity contribution in [3.05, 3.63) is 21.1 Å². The maximum atomic E-state index is 12.9. The van der Waals surface area contributed by atoms with E-state index >= 15 is 0 Å². The van der Waals surface area contributed by atoms with Crippen LogP contribution in [0.1, 0.15) is 0 Å². The number of nitrogens with two attached hydrogens (primary N) is 1. The molecular weight excluding hydrogens is 413 g/mol. The maximum absolute atomic E-state index is 12.9. The first-order valence-electron chi connectivity index (χ1n) is 4.09. The van der Waals surface area contributed by atoms with Crippen molar-refractivity contribution in [3.63, 3.8) is 0 Å². The molecule has 0 aliphatic rings. The fourth-order valence-electron chi connectivity index (χ4n) is 0.921. The Morgan fingerprint density at radius 1 is 1.06 bits per heavy atom. The van der Waals surface area contributed by atoms with Crippen LogP contribution in [0.15, 0.2) is 26.0 Å². The Hall–Kier alpha value is -0.0600. The van der Waals surface area contributed by atoms with E-state index in [-0.39, 0.29) is 14.6 Å². The fourth-order valence-corrected chi connectivity index (χ4v) is 3.37.